The van der Waals surface area contributed by atoms with Crippen LogP contribution >= 0.6 is 0 Å². The lowest BCUT2D eigenvalue weighted by molar-refractivity contribution is 0.0702. The highest BCUT2D eigenvalue weighted by atomic mass is 16.5. The smallest absolute Gasteiger partial charge is 0.254 e. The average molecular weight is 322 g/mol. The zero-order valence-corrected chi connectivity index (χ0v) is 14.3. The SMILES string of the molecule is CCN(C(=O)c1ccc(COC)cc1)C(C)c1ccc(C#N)cc1. The van der Waals surface area contributed by atoms with E-state index in [2.05, 4.69) is 6.07 Å². The third-order valence-corrected chi connectivity index (χ3v) is 4.10. The highest BCUT2D eigenvalue weighted by Crippen LogP contribution is 2.22. The molecule has 2 aromatic carbocycles. The third-order valence-electron chi connectivity index (χ3n) is 4.10. The molecule has 1 unspecified atom stereocenters. The van der Waals surface area contributed by atoms with Crippen LogP contribution in [0.1, 0.15) is 46.9 Å². The molecule has 4 nitrogen and oxygen atoms in total. The Morgan fingerprint density at radius 1 is 1.17 bits per heavy atom. The van der Waals surface area contributed by atoms with Gasteiger partial charge in [-0.15, -0.1) is 0 Å². The van der Waals surface area contributed by atoms with E-state index in [1.807, 2.05) is 55.1 Å². The van der Waals surface area contributed by atoms with Gasteiger partial charge in [-0.05, 0) is 49.2 Å². The molecule has 0 saturated heterocycles. The number of ether oxygens (including phenoxy) is 1. The minimum Gasteiger partial charge on any atom is -0.380 e. The van der Waals surface area contributed by atoms with Gasteiger partial charge >= 0.3 is 0 Å². The van der Waals surface area contributed by atoms with Gasteiger partial charge in [-0.2, -0.15) is 5.26 Å². The van der Waals surface area contributed by atoms with Gasteiger partial charge in [-0.25, -0.2) is 0 Å². The van der Waals surface area contributed by atoms with Crippen molar-refractivity contribution < 1.29 is 9.53 Å². The first-order valence-electron chi connectivity index (χ1n) is 7.99. The van der Waals surface area contributed by atoms with E-state index in [4.69, 9.17) is 10.00 Å². The van der Waals surface area contributed by atoms with Crippen molar-refractivity contribution in [2.24, 2.45) is 0 Å². The van der Waals surface area contributed by atoms with Crippen molar-refractivity contribution >= 4 is 5.91 Å². The molecule has 1 amide bonds. The standard InChI is InChI=1S/C20H22N2O2/c1-4-22(15(2)18-9-5-16(13-21)6-10-18)20(23)19-11-7-17(8-12-19)14-24-3/h5-12,15H,4,14H2,1-3H3. The van der Waals surface area contributed by atoms with E-state index in [9.17, 15) is 4.79 Å². The summed E-state index contributed by atoms with van der Waals surface area (Å²) in [6, 6.07) is 16.9. The number of benzene rings is 2. The van der Waals surface area contributed by atoms with Crippen LogP contribution < -0.4 is 0 Å². The molecule has 0 aliphatic heterocycles. The zero-order valence-electron chi connectivity index (χ0n) is 14.3. The van der Waals surface area contributed by atoms with Crippen molar-refractivity contribution in [1.82, 2.24) is 4.90 Å². The van der Waals surface area contributed by atoms with Gasteiger partial charge in [0.05, 0.1) is 24.3 Å². The lowest BCUT2D eigenvalue weighted by Crippen LogP contribution is -2.33. The minimum atomic E-state index is -0.0612. The van der Waals surface area contributed by atoms with Crippen LogP contribution in [0.2, 0.25) is 0 Å². The van der Waals surface area contributed by atoms with Gasteiger partial charge in [0.25, 0.3) is 5.91 Å². The molecule has 4 heteroatoms. The van der Waals surface area contributed by atoms with Gasteiger partial charge in [0.2, 0.25) is 0 Å². The largest absolute Gasteiger partial charge is 0.380 e. The summed E-state index contributed by atoms with van der Waals surface area (Å²) in [7, 11) is 1.65. The first-order valence-corrected chi connectivity index (χ1v) is 7.99. The summed E-state index contributed by atoms with van der Waals surface area (Å²) in [5, 5.41) is 8.90. The molecule has 2 aromatic rings. The monoisotopic (exact) mass is 322 g/mol. The van der Waals surface area contributed by atoms with Crippen LogP contribution in [0.3, 0.4) is 0 Å². The number of nitrogens with zero attached hydrogens (tertiary/aromatic N) is 2. The predicted octanol–water partition coefficient (Wildman–Crippen LogP) is 3.93. The van der Waals surface area contributed by atoms with Crippen LogP contribution in [-0.4, -0.2) is 24.5 Å². The van der Waals surface area contributed by atoms with E-state index in [1.165, 1.54) is 0 Å². The van der Waals surface area contributed by atoms with E-state index in [1.54, 1.807) is 19.2 Å². The summed E-state index contributed by atoms with van der Waals surface area (Å²) in [6.45, 7) is 5.12. The number of hydrogen-bond acceptors (Lipinski definition) is 3. The molecule has 0 bridgehead atoms. The maximum atomic E-state index is 12.8. The second kappa shape index (κ2) is 8.28. The Hall–Kier alpha value is -2.64. The number of hydrogen-bond donors (Lipinski definition) is 0. The molecule has 124 valence electrons. The highest BCUT2D eigenvalue weighted by Gasteiger charge is 2.21. The van der Waals surface area contributed by atoms with Crippen LogP contribution in [0.4, 0.5) is 0 Å². The van der Waals surface area contributed by atoms with Crippen molar-refractivity contribution in [2.75, 3.05) is 13.7 Å². The van der Waals surface area contributed by atoms with Gasteiger partial charge < -0.3 is 9.64 Å². The molecule has 0 fully saturated rings. The topological polar surface area (TPSA) is 53.3 Å². The fourth-order valence-corrected chi connectivity index (χ4v) is 2.69. The van der Waals surface area contributed by atoms with Crippen molar-refractivity contribution in [3.05, 3.63) is 70.8 Å². The van der Waals surface area contributed by atoms with Crippen LogP contribution in [0.5, 0.6) is 0 Å². The van der Waals surface area contributed by atoms with E-state index >= 15 is 0 Å². The molecular weight excluding hydrogens is 300 g/mol. The number of carbonyl (C=O) groups excluding carboxylic acids is 1. The summed E-state index contributed by atoms with van der Waals surface area (Å²) < 4.78 is 5.09. The molecular formula is C20H22N2O2. The van der Waals surface area contributed by atoms with Gasteiger partial charge in [0.15, 0.2) is 0 Å². The molecule has 0 radical (unpaired) electrons. The van der Waals surface area contributed by atoms with Crippen LogP contribution in [-0.2, 0) is 11.3 Å². The first-order chi connectivity index (χ1) is 11.6. The summed E-state index contributed by atoms with van der Waals surface area (Å²) in [4.78, 5) is 14.7. The van der Waals surface area contributed by atoms with Gasteiger partial charge in [-0.1, -0.05) is 24.3 Å². The Bertz CT molecular complexity index is 715. The van der Waals surface area contributed by atoms with Gasteiger partial charge in [-0.3, -0.25) is 4.79 Å². The van der Waals surface area contributed by atoms with Crippen molar-refractivity contribution in [2.45, 2.75) is 26.5 Å². The Labute approximate surface area is 143 Å². The van der Waals surface area contributed by atoms with Gasteiger partial charge in [0, 0.05) is 19.2 Å². The molecule has 2 rings (SSSR count). The molecule has 0 saturated carbocycles. The third kappa shape index (κ3) is 4.01. The summed E-state index contributed by atoms with van der Waals surface area (Å²) in [5.74, 6) is -0.00155. The van der Waals surface area contributed by atoms with Crippen molar-refractivity contribution in [3.63, 3.8) is 0 Å². The molecule has 0 heterocycles. The Morgan fingerprint density at radius 3 is 2.29 bits per heavy atom. The van der Waals surface area contributed by atoms with E-state index < -0.39 is 0 Å². The minimum absolute atomic E-state index is 0.00155. The quantitative estimate of drug-likeness (QED) is 0.810. The number of methoxy groups -OCH3 is 1. The molecule has 0 aromatic heterocycles. The van der Waals surface area contributed by atoms with Crippen molar-refractivity contribution in [1.29, 1.82) is 5.26 Å². The number of amides is 1. The Kier molecular flexibility index (Phi) is 6.11. The van der Waals surface area contributed by atoms with Crippen LogP contribution in [0.15, 0.2) is 48.5 Å². The second-order valence-electron chi connectivity index (χ2n) is 5.63. The summed E-state index contributed by atoms with van der Waals surface area (Å²) in [5.41, 5.74) is 3.34. The predicted molar refractivity (Wildman–Crippen MR) is 93.4 cm³/mol. The maximum absolute atomic E-state index is 12.8. The fraction of sp³-hybridized carbons (Fsp3) is 0.300. The molecule has 0 aliphatic rings. The van der Waals surface area contributed by atoms with E-state index in [-0.39, 0.29) is 11.9 Å². The molecule has 0 aliphatic carbocycles. The van der Waals surface area contributed by atoms with Crippen LogP contribution in [0, 0.1) is 11.3 Å². The maximum Gasteiger partial charge on any atom is 0.254 e. The summed E-state index contributed by atoms with van der Waals surface area (Å²) in [6.07, 6.45) is 0. The lowest BCUT2D eigenvalue weighted by Gasteiger charge is -2.28. The lowest BCUT2D eigenvalue weighted by atomic mass is 10.0. The normalized spacial score (nSPS) is 11.6. The Morgan fingerprint density at radius 2 is 1.79 bits per heavy atom. The fourth-order valence-electron chi connectivity index (χ4n) is 2.69. The zero-order chi connectivity index (χ0) is 17.5. The molecule has 0 spiro atoms. The summed E-state index contributed by atoms with van der Waals surface area (Å²) >= 11 is 0. The van der Waals surface area contributed by atoms with E-state index in [0.29, 0.717) is 24.3 Å². The second-order valence-corrected chi connectivity index (χ2v) is 5.63. The van der Waals surface area contributed by atoms with E-state index in [0.717, 1.165) is 11.1 Å². The molecule has 24 heavy (non-hydrogen) atoms. The average Bonchev–Trinajstić information content (AvgIpc) is 2.63. The first kappa shape index (κ1) is 17.7. The number of rotatable bonds is 6. The van der Waals surface area contributed by atoms with Crippen LogP contribution in [0.25, 0.3) is 0 Å². The van der Waals surface area contributed by atoms with Crippen molar-refractivity contribution in [3.8, 4) is 6.07 Å². The highest BCUT2D eigenvalue weighted by molar-refractivity contribution is 5.94. The number of nitriles is 1. The number of carbonyl (C=O) groups is 1. The van der Waals surface area contributed by atoms with Gasteiger partial charge in [0.1, 0.15) is 0 Å². The Balaban J connectivity index is 2.19. The molecule has 1 atom stereocenters. The molecule has 0 N–H and O–H groups in total.